The van der Waals surface area contributed by atoms with Crippen LogP contribution in [-0.4, -0.2) is 36.6 Å². The molecule has 0 radical (unpaired) electrons. The van der Waals surface area contributed by atoms with Gasteiger partial charge in [0.05, 0.1) is 13.7 Å². The molecular formula is C17H19ClN6O. The predicted octanol–water partition coefficient (Wildman–Crippen LogP) is 3.20. The number of hydrogen-bond acceptors (Lipinski definition) is 5. The lowest BCUT2D eigenvalue weighted by Crippen LogP contribution is -2.13. The van der Waals surface area contributed by atoms with Gasteiger partial charge >= 0.3 is 0 Å². The number of aromatic nitrogens is 6. The van der Waals surface area contributed by atoms with Crippen LogP contribution in [0.2, 0.25) is 5.02 Å². The van der Waals surface area contributed by atoms with Gasteiger partial charge in [0, 0.05) is 16.9 Å². The summed E-state index contributed by atoms with van der Waals surface area (Å²) in [4.78, 5) is 8.83. The molecule has 0 bridgehead atoms. The van der Waals surface area contributed by atoms with Crippen LogP contribution in [0.1, 0.15) is 43.3 Å². The molecule has 4 rings (SSSR count). The molecule has 130 valence electrons. The molecule has 0 saturated heterocycles. The summed E-state index contributed by atoms with van der Waals surface area (Å²) >= 11 is 6.21. The first kappa shape index (κ1) is 16.1. The van der Waals surface area contributed by atoms with Crippen LogP contribution in [0.25, 0.3) is 5.69 Å². The number of halogens is 1. The Kier molecular flexibility index (Phi) is 4.17. The van der Waals surface area contributed by atoms with Crippen molar-refractivity contribution < 1.29 is 4.74 Å². The summed E-state index contributed by atoms with van der Waals surface area (Å²) in [6, 6.07) is 5.51. The Hall–Kier alpha value is -2.41. The van der Waals surface area contributed by atoms with E-state index in [-0.39, 0.29) is 5.92 Å². The summed E-state index contributed by atoms with van der Waals surface area (Å²) in [7, 11) is 1.64. The van der Waals surface area contributed by atoms with E-state index in [1.54, 1.807) is 24.2 Å². The van der Waals surface area contributed by atoms with Crippen molar-refractivity contribution in [1.29, 1.82) is 0 Å². The molecule has 0 spiro atoms. The fourth-order valence-corrected chi connectivity index (χ4v) is 3.04. The van der Waals surface area contributed by atoms with Gasteiger partial charge in [-0.25, -0.2) is 14.6 Å². The highest BCUT2D eigenvalue weighted by atomic mass is 35.5. The molecule has 7 nitrogen and oxygen atoms in total. The average molecular weight is 359 g/mol. The highest BCUT2D eigenvalue weighted by Gasteiger charge is 2.31. The molecule has 0 unspecified atom stereocenters. The van der Waals surface area contributed by atoms with Crippen LogP contribution in [0.3, 0.4) is 0 Å². The second kappa shape index (κ2) is 6.48. The standard InChI is InChI=1S/C17H19ClN6O/c1-11(8-23-10-19-9-20-23)17-21-16(12-3-4-12)22-24(17)14-7-13(18)5-6-15(14)25-2/h5-7,9-12H,3-4,8H2,1-2H3/t11-/m0/s1. The molecule has 0 amide bonds. The van der Waals surface area contributed by atoms with E-state index in [9.17, 15) is 0 Å². The molecular weight excluding hydrogens is 340 g/mol. The summed E-state index contributed by atoms with van der Waals surface area (Å²) in [5.41, 5.74) is 0.801. The molecule has 25 heavy (non-hydrogen) atoms. The van der Waals surface area contributed by atoms with Gasteiger partial charge in [0.2, 0.25) is 0 Å². The van der Waals surface area contributed by atoms with Crippen molar-refractivity contribution >= 4 is 11.6 Å². The molecule has 1 aliphatic rings. The van der Waals surface area contributed by atoms with Gasteiger partial charge in [0.15, 0.2) is 5.82 Å². The third-order valence-electron chi connectivity index (χ3n) is 4.33. The topological polar surface area (TPSA) is 70.7 Å². The van der Waals surface area contributed by atoms with E-state index in [2.05, 4.69) is 17.0 Å². The van der Waals surface area contributed by atoms with E-state index in [1.165, 1.54) is 6.33 Å². The number of rotatable bonds is 6. The lowest BCUT2D eigenvalue weighted by molar-refractivity contribution is 0.410. The van der Waals surface area contributed by atoms with E-state index < -0.39 is 0 Å². The quantitative estimate of drug-likeness (QED) is 0.676. The zero-order valence-electron chi connectivity index (χ0n) is 14.1. The van der Waals surface area contributed by atoms with Crippen LogP contribution < -0.4 is 4.74 Å². The van der Waals surface area contributed by atoms with Crippen molar-refractivity contribution in [2.45, 2.75) is 38.1 Å². The molecule has 8 heteroatoms. The third kappa shape index (κ3) is 3.24. The van der Waals surface area contributed by atoms with Gasteiger partial charge in [-0.1, -0.05) is 18.5 Å². The Morgan fingerprint density at radius 3 is 2.88 bits per heavy atom. The first-order chi connectivity index (χ1) is 12.2. The number of benzene rings is 1. The highest BCUT2D eigenvalue weighted by Crippen LogP contribution is 2.39. The van der Waals surface area contributed by atoms with Crippen LogP contribution in [0, 0.1) is 0 Å². The van der Waals surface area contributed by atoms with Gasteiger partial charge < -0.3 is 4.74 Å². The summed E-state index contributed by atoms with van der Waals surface area (Å²) in [5.74, 6) is 3.04. The molecule has 3 aromatic rings. The Labute approximate surface area is 150 Å². The Morgan fingerprint density at radius 1 is 1.36 bits per heavy atom. The molecule has 1 aromatic carbocycles. The van der Waals surface area contributed by atoms with Crippen LogP contribution >= 0.6 is 11.6 Å². The van der Waals surface area contributed by atoms with Gasteiger partial charge in [0.25, 0.3) is 0 Å². The zero-order chi connectivity index (χ0) is 17.4. The maximum atomic E-state index is 6.21. The molecule has 1 atom stereocenters. The normalized spacial score (nSPS) is 15.3. The molecule has 2 aromatic heterocycles. The summed E-state index contributed by atoms with van der Waals surface area (Å²) in [6.45, 7) is 2.78. The molecule has 1 fully saturated rings. The molecule has 0 N–H and O–H groups in total. The minimum Gasteiger partial charge on any atom is -0.494 e. The second-order valence-corrected chi connectivity index (χ2v) is 6.79. The minimum absolute atomic E-state index is 0.102. The van der Waals surface area contributed by atoms with E-state index in [1.807, 2.05) is 16.8 Å². The smallest absolute Gasteiger partial charge is 0.154 e. The van der Waals surface area contributed by atoms with Gasteiger partial charge in [-0.05, 0) is 31.0 Å². The van der Waals surface area contributed by atoms with E-state index in [4.69, 9.17) is 26.4 Å². The number of methoxy groups -OCH3 is 1. The highest BCUT2D eigenvalue weighted by molar-refractivity contribution is 6.30. The van der Waals surface area contributed by atoms with Crippen LogP contribution in [0.5, 0.6) is 5.75 Å². The maximum absolute atomic E-state index is 6.21. The van der Waals surface area contributed by atoms with Crippen molar-refractivity contribution in [3.05, 3.63) is 47.5 Å². The Bertz CT molecular complexity index is 871. The number of nitrogens with zero attached hydrogens (tertiary/aromatic N) is 6. The van der Waals surface area contributed by atoms with Crippen LogP contribution in [0.15, 0.2) is 30.9 Å². The van der Waals surface area contributed by atoms with Gasteiger partial charge in [0.1, 0.15) is 29.9 Å². The molecule has 0 aliphatic heterocycles. The first-order valence-corrected chi connectivity index (χ1v) is 8.66. The third-order valence-corrected chi connectivity index (χ3v) is 4.56. The second-order valence-electron chi connectivity index (χ2n) is 6.35. The molecule has 2 heterocycles. The summed E-state index contributed by atoms with van der Waals surface area (Å²) in [6.07, 6.45) is 5.53. The molecule has 1 aliphatic carbocycles. The van der Waals surface area contributed by atoms with E-state index >= 15 is 0 Å². The lowest BCUT2D eigenvalue weighted by Gasteiger charge is -2.15. The SMILES string of the molecule is COc1ccc(Cl)cc1-n1nc(C2CC2)nc1[C@@H](C)Cn1cncn1. The first-order valence-electron chi connectivity index (χ1n) is 8.29. The zero-order valence-corrected chi connectivity index (χ0v) is 14.9. The molecule has 1 saturated carbocycles. The summed E-state index contributed by atoms with van der Waals surface area (Å²) in [5, 5.41) is 9.59. The van der Waals surface area contributed by atoms with Gasteiger partial charge in [-0.3, -0.25) is 4.68 Å². The van der Waals surface area contributed by atoms with E-state index in [0.717, 1.165) is 30.2 Å². The summed E-state index contributed by atoms with van der Waals surface area (Å²) < 4.78 is 9.17. The largest absolute Gasteiger partial charge is 0.494 e. The Balaban J connectivity index is 1.77. The number of ether oxygens (including phenoxy) is 1. The average Bonchev–Trinajstić information content (AvgIpc) is 3.16. The van der Waals surface area contributed by atoms with Crippen molar-refractivity contribution in [2.24, 2.45) is 0 Å². The number of hydrogen-bond donors (Lipinski definition) is 0. The monoisotopic (exact) mass is 358 g/mol. The van der Waals surface area contributed by atoms with Gasteiger partial charge in [-0.2, -0.15) is 10.2 Å². The van der Waals surface area contributed by atoms with Crippen molar-refractivity contribution in [2.75, 3.05) is 7.11 Å². The fourth-order valence-electron chi connectivity index (χ4n) is 2.87. The fraction of sp³-hybridized carbons (Fsp3) is 0.412. The lowest BCUT2D eigenvalue weighted by atomic mass is 10.1. The van der Waals surface area contributed by atoms with Crippen molar-refractivity contribution in [1.82, 2.24) is 29.5 Å². The Morgan fingerprint density at radius 2 is 2.20 bits per heavy atom. The van der Waals surface area contributed by atoms with Crippen molar-refractivity contribution in [3.63, 3.8) is 0 Å². The van der Waals surface area contributed by atoms with Crippen LogP contribution in [-0.2, 0) is 6.54 Å². The maximum Gasteiger partial charge on any atom is 0.154 e. The minimum atomic E-state index is 0.102. The van der Waals surface area contributed by atoms with Crippen LogP contribution in [0.4, 0.5) is 0 Å². The van der Waals surface area contributed by atoms with Crippen molar-refractivity contribution in [3.8, 4) is 11.4 Å². The van der Waals surface area contributed by atoms with Gasteiger partial charge in [-0.15, -0.1) is 0 Å². The van der Waals surface area contributed by atoms with E-state index in [0.29, 0.717) is 23.2 Å². The predicted molar refractivity (Wildman–Crippen MR) is 93.3 cm³/mol.